The Bertz CT molecular complexity index is 1000. The second-order valence-corrected chi connectivity index (χ2v) is 10.8. The fourth-order valence-corrected chi connectivity index (χ4v) is 5.64. The minimum atomic E-state index is -0.518. The number of piperazine rings is 1. The molecule has 2 heterocycles. The molecule has 1 amide bonds. The summed E-state index contributed by atoms with van der Waals surface area (Å²) in [7, 11) is 4.09. The number of benzene rings is 2. The summed E-state index contributed by atoms with van der Waals surface area (Å²) in [6.45, 7) is 7.22. The quantitative estimate of drug-likeness (QED) is 0.285. The Hall–Kier alpha value is -2.70. The minimum absolute atomic E-state index is 0.00268. The molecule has 1 saturated heterocycles. The van der Waals surface area contributed by atoms with E-state index >= 15 is 0 Å². The van der Waals surface area contributed by atoms with Crippen LogP contribution in [0.25, 0.3) is 0 Å². The molecule has 2 aliphatic heterocycles. The maximum absolute atomic E-state index is 13.3. The first kappa shape index (κ1) is 27.3. The molecule has 0 aliphatic carbocycles. The Kier molecular flexibility index (Phi) is 10.1. The second kappa shape index (κ2) is 13.7. The lowest BCUT2D eigenvalue weighted by atomic mass is 9.86. The van der Waals surface area contributed by atoms with Crippen LogP contribution in [0.1, 0.15) is 55.3 Å². The molecular weight excluding hydrogens is 460 g/mol. The van der Waals surface area contributed by atoms with E-state index in [1.54, 1.807) is 0 Å². The highest BCUT2D eigenvalue weighted by atomic mass is 16.2. The molecule has 6 nitrogen and oxygen atoms in total. The number of para-hydroxylation sites is 2. The maximum atomic E-state index is 13.3. The zero-order valence-corrected chi connectivity index (χ0v) is 22.8. The highest BCUT2D eigenvalue weighted by molar-refractivity contribution is 6.21. The predicted molar refractivity (Wildman–Crippen MR) is 153 cm³/mol. The Morgan fingerprint density at radius 1 is 0.757 bits per heavy atom. The number of carbonyl (C=O) groups is 2. The number of rotatable bonds is 13. The van der Waals surface area contributed by atoms with Gasteiger partial charge in [0.15, 0.2) is 5.78 Å². The van der Waals surface area contributed by atoms with Gasteiger partial charge < -0.3 is 14.7 Å². The third-order valence-electron chi connectivity index (χ3n) is 7.79. The molecule has 37 heavy (non-hydrogen) atoms. The van der Waals surface area contributed by atoms with E-state index in [-0.39, 0.29) is 11.7 Å². The monoisotopic (exact) mass is 504 g/mol. The number of carbonyl (C=O) groups excluding carboxylic acids is 2. The summed E-state index contributed by atoms with van der Waals surface area (Å²) in [5, 5.41) is 0. The molecule has 1 atom stereocenters. The van der Waals surface area contributed by atoms with E-state index < -0.39 is 5.92 Å². The number of Topliss-reactive ketones (excluding diaryl/α,β-unsaturated/α-hetero) is 1. The summed E-state index contributed by atoms with van der Waals surface area (Å²) in [5.74, 6) is -0.508. The lowest BCUT2D eigenvalue weighted by Crippen LogP contribution is -2.46. The van der Waals surface area contributed by atoms with Gasteiger partial charge in [0.1, 0.15) is 5.92 Å². The molecule has 1 fully saturated rings. The molecule has 2 aromatic rings. The van der Waals surface area contributed by atoms with Crippen molar-refractivity contribution in [1.29, 1.82) is 0 Å². The Labute approximate surface area is 223 Å². The Balaban J connectivity index is 1.15. The van der Waals surface area contributed by atoms with Crippen molar-refractivity contribution in [3.8, 4) is 0 Å². The number of ketones is 1. The van der Waals surface area contributed by atoms with Crippen LogP contribution in [-0.2, 0) is 4.79 Å². The van der Waals surface area contributed by atoms with Crippen molar-refractivity contribution in [1.82, 2.24) is 9.80 Å². The van der Waals surface area contributed by atoms with Crippen molar-refractivity contribution in [2.75, 3.05) is 69.7 Å². The summed E-state index contributed by atoms with van der Waals surface area (Å²) in [6, 6.07) is 18.3. The summed E-state index contributed by atoms with van der Waals surface area (Å²) in [4.78, 5) is 35.5. The Morgan fingerprint density at radius 3 is 2.19 bits per heavy atom. The van der Waals surface area contributed by atoms with Crippen LogP contribution in [0.3, 0.4) is 0 Å². The standard InChI is InChI=1S/C31H44N4O2/c1-32(2)19-13-21-35-29-18-11-10-16-27(29)30(36)28(31(35)37)17-9-4-3-5-12-20-33-22-24-34(25-23-33)26-14-7-6-8-15-26/h6-8,10-11,14-16,18,28H,3-5,9,12-13,17,19-25H2,1-2H3. The SMILES string of the molecule is CN(C)CCCN1C(=O)C(CCCCCCCN2CCN(c3ccccc3)CC2)C(=O)c2ccccc21. The second-order valence-electron chi connectivity index (χ2n) is 10.8. The number of unbranched alkanes of at least 4 members (excludes halogenated alkanes) is 4. The molecule has 4 rings (SSSR count). The van der Waals surface area contributed by atoms with Crippen molar-refractivity contribution in [3.05, 3.63) is 60.2 Å². The van der Waals surface area contributed by atoms with Gasteiger partial charge in [-0.3, -0.25) is 14.5 Å². The molecule has 0 spiro atoms. The van der Waals surface area contributed by atoms with Gasteiger partial charge in [0, 0.05) is 44.0 Å². The largest absolute Gasteiger partial charge is 0.369 e. The van der Waals surface area contributed by atoms with Gasteiger partial charge in [0.05, 0.1) is 5.69 Å². The van der Waals surface area contributed by atoms with Gasteiger partial charge in [0.25, 0.3) is 0 Å². The van der Waals surface area contributed by atoms with E-state index in [4.69, 9.17) is 0 Å². The lowest BCUT2D eigenvalue weighted by molar-refractivity contribution is -0.121. The van der Waals surface area contributed by atoms with Gasteiger partial charge >= 0.3 is 0 Å². The van der Waals surface area contributed by atoms with Crippen LogP contribution in [-0.4, -0.2) is 81.4 Å². The van der Waals surface area contributed by atoms with Crippen molar-refractivity contribution in [2.45, 2.75) is 44.9 Å². The van der Waals surface area contributed by atoms with Gasteiger partial charge in [-0.2, -0.15) is 0 Å². The summed E-state index contributed by atoms with van der Waals surface area (Å²) < 4.78 is 0. The van der Waals surface area contributed by atoms with Gasteiger partial charge in [0.2, 0.25) is 5.91 Å². The molecule has 0 bridgehead atoms. The first-order chi connectivity index (χ1) is 18.0. The van der Waals surface area contributed by atoms with Crippen molar-refractivity contribution in [2.24, 2.45) is 5.92 Å². The minimum Gasteiger partial charge on any atom is -0.369 e. The normalized spacial score (nSPS) is 18.5. The van der Waals surface area contributed by atoms with E-state index in [2.05, 4.69) is 45.0 Å². The first-order valence-corrected chi connectivity index (χ1v) is 14.2. The van der Waals surface area contributed by atoms with Gasteiger partial charge in [-0.25, -0.2) is 0 Å². The number of fused-ring (bicyclic) bond motifs is 1. The third-order valence-corrected chi connectivity index (χ3v) is 7.79. The molecule has 0 saturated carbocycles. The van der Waals surface area contributed by atoms with Crippen LogP contribution >= 0.6 is 0 Å². The smallest absolute Gasteiger partial charge is 0.237 e. The van der Waals surface area contributed by atoms with E-state index in [9.17, 15) is 9.59 Å². The topological polar surface area (TPSA) is 47.1 Å². The van der Waals surface area contributed by atoms with Gasteiger partial charge in [-0.1, -0.05) is 56.0 Å². The predicted octanol–water partition coefficient (Wildman–Crippen LogP) is 4.95. The molecular formula is C31H44N4O2. The van der Waals surface area contributed by atoms with Gasteiger partial charge in [-0.15, -0.1) is 0 Å². The summed E-state index contributed by atoms with van der Waals surface area (Å²) >= 11 is 0. The maximum Gasteiger partial charge on any atom is 0.237 e. The number of amides is 1. The van der Waals surface area contributed by atoms with E-state index in [1.807, 2.05) is 43.3 Å². The van der Waals surface area contributed by atoms with Crippen LogP contribution in [0.4, 0.5) is 11.4 Å². The fraction of sp³-hybridized carbons (Fsp3) is 0.548. The highest BCUT2D eigenvalue weighted by Gasteiger charge is 2.38. The number of anilines is 2. The third kappa shape index (κ3) is 7.42. The summed E-state index contributed by atoms with van der Waals surface area (Å²) in [6.07, 6.45) is 7.19. The number of nitrogens with zero attached hydrogens (tertiary/aromatic N) is 4. The zero-order chi connectivity index (χ0) is 26.0. The molecule has 0 N–H and O–H groups in total. The van der Waals surface area contributed by atoms with Crippen LogP contribution < -0.4 is 9.80 Å². The fourth-order valence-electron chi connectivity index (χ4n) is 5.64. The molecule has 0 radical (unpaired) electrons. The van der Waals surface area contributed by atoms with E-state index in [0.29, 0.717) is 18.5 Å². The highest BCUT2D eigenvalue weighted by Crippen LogP contribution is 2.33. The lowest BCUT2D eigenvalue weighted by Gasteiger charge is -2.36. The number of hydrogen-bond donors (Lipinski definition) is 0. The average molecular weight is 505 g/mol. The van der Waals surface area contributed by atoms with Crippen molar-refractivity contribution >= 4 is 23.1 Å². The van der Waals surface area contributed by atoms with E-state index in [1.165, 1.54) is 31.5 Å². The Morgan fingerprint density at radius 2 is 1.43 bits per heavy atom. The summed E-state index contributed by atoms with van der Waals surface area (Å²) in [5.41, 5.74) is 2.83. The molecule has 2 aliphatic rings. The van der Waals surface area contributed by atoms with Crippen LogP contribution in [0, 0.1) is 5.92 Å². The zero-order valence-electron chi connectivity index (χ0n) is 22.8. The number of hydrogen-bond acceptors (Lipinski definition) is 5. The van der Waals surface area contributed by atoms with E-state index in [0.717, 1.165) is 57.7 Å². The molecule has 200 valence electrons. The average Bonchev–Trinajstić information content (AvgIpc) is 2.92. The molecule has 2 aromatic carbocycles. The van der Waals surface area contributed by atoms with Crippen molar-refractivity contribution in [3.63, 3.8) is 0 Å². The van der Waals surface area contributed by atoms with Crippen LogP contribution in [0.2, 0.25) is 0 Å². The van der Waals surface area contributed by atoms with Crippen LogP contribution in [0.5, 0.6) is 0 Å². The molecule has 6 heteroatoms. The molecule has 0 aromatic heterocycles. The van der Waals surface area contributed by atoms with Gasteiger partial charge in [-0.05, 0) is 70.7 Å². The van der Waals surface area contributed by atoms with Crippen molar-refractivity contribution < 1.29 is 9.59 Å². The van der Waals surface area contributed by atoms with Crippen LogP contribution in [0.15, 0.2) is 54.6 Å². The first-order valence-electron chi connectivity index (χ1n) is 14.2. The molecule has 1 unspecified atom stereocenters.